The third kappa shape index (κ3) is 3.13. The lowest BCUT2D eigenvalue weighted by molar-refractivity contribution is 0.590. The first-order chi connectivity index (χ1) is 10.2. The minimum atomic E-state index is -0.251. The van der Waals surface area contributed by atoms with Gasteiger partial charge in [0.2, 0.25) is 0 Å². The fraction of sp³-hybridized carbons (Fsp3) is 0.222. The Bertz CT molecular complexity index is 586. The van der Waals surface area contributed by atoms with Crippen LogP contribution in [0.3, 0.4) is 0 Å². The molecule has 21 heavy (non-hydrogen) atoms. The van der Waals surface area contributed by atoms with Crippen molar-refractivity contribution in [3.05, 3.63) is 77.0 Å². The smallest absolute Gasteiger partial charge is 0.123 e. The Labute approximate surface area is 123 Å². The monoisotopic (exact) mass is 285 g/mol. The fourth-order valence-corrected chi connectivity index (χ4v) is 2.72. The van der Waals surface area contributed by atoms with Crippen molar-refractivity contribution in [2.45, 2.75) is 19.3 Å². The van der Waals surface area contributed by atoms with E-state index in [1.165, 1.54) is 24.3 Å². The van der Waals surface area contributed by atoms with Crippen molar-refractivity contribution in [2.24, 2.45) is 0 Å². The molecule has 1 nitrogen and oxygen atoms in total. The van der Waals surface area contributed by atoms with Crippen LogP contribution in [0.5, 0.6) is 0 Å². The first kappa shape index (κ1) is 13.8. The Kier molecular flexibility index (Phi) is 4.00. The van der Waals surface area contributed by atoms with E-state index in [0.29, 0.717) is 0 Å². The molecular formula is C18H17F2N. The number of hydrogen-bond donors (Lipinski definition) is 1. The lowest BCUT2D eigenvalue weighted by atomic mass is 9.92. The Morgan fingerprint density at radius 3 is 1.71 bits per heavy atom. The van der Waals surface area contributed by atoms with Crippen LogP contribution in [-0.4, -0.2) is 6.54 Å². The predicted octanol–water partition coefficient (Wildman–Crippen LogP) is 4.50. The molecule has 0 bridgehead atoms. The van der Waals surface area contributed by atoms with E-state index in [-0.39, 0.29) is 11.6 Å². The van der Waals surface area contributed by atoms with Crippen molar-refractivity contribution >= 4 is 5.57 Å². The molecule has 0 atom stereocenters. The van der Waals surface area contributed by atoms with Crippen LogP contribution in [0.1, 0.15) is 30.4 Å². The molecule has 2 aromatic rings. The van der Waals surface area contributed by atoms with Crippen molar-refractivity contribution in [3.63, 3.8) is 0 Å². The summed E-state index contributed by atoms with van der Waals surface area (Å²) in [5, 5.41) is 3.44. The highest BCUT2D eigenvalue weighted by Crippen LogP contribution is 2.30. The Hall–Kier alpha value is -2.16. The molecule has 108 valence electrons. The van der Waals surface area contributed by atoms with Gasteiger partial charge >= 0.3 is 0 Å². The highest BCUT2D eigenvalue weighted by molar-refractivity contribution is 5.82. The molecule has 3 rings (SSSR count). The molecule has 1 aliphatic rings. The number of allylic oxidation sites excluding steroid dienone is 1. The van der Waals surface area contributed by atoms with E-state index in [4.69, 9.17) is 0 Å². The molecule has 1 heterocycles. The third-order valence-corrected chi connectivity index (χ3v) is 3.76. The predicted molar refractivity (Wildman–Crippen MR) is 80.7 cm³/mol. The van der Waals surface area contributed by atoms with Gasteiger partial charge in [0.05, 0.1) is 0 Å². The van der Waals surface area contributed by atoms with Gasteiger partial charge < -0.3 is 5.32 Å². The molecular weight excluding hydrogens is 268 g/mol. The van der Waals surface area contributed by atoms with Gasteiger partial charge in [-0.2, -0.15) is 0 Å². The quantitative estimate of drug-likeness (QED) is 0.856. The van der Waals surface area contributed by atoms with Crippen LogP contribution in [0.25, 0.3) is 5.57 Å². The summed E-state index contributed by atoms with van der Waals surface area (Å²) >= 11 is 0. The Balaban J connectivity index is 2.10. The standard InChI is InChI=1S/C18H17F2N/c19-15-8-4-13(5-9-15)18(17-3-1-2-12-21-17)14-6-10-16(20)11-7-14/h4-11,21H,1-3,12H2. The summed E-state index contributed by atoms with van der Waals surface area (Å²) in [6.45, 7) is 0.946. The molecule has 0 radical (unpaired) electrons. The largest absolute Gasteiger partial charge is 0.388 e. The average Bonchev–Trinajstić information content (AvgIpc) is 2.52. The number of rotatable bonds is 2. The third-order valence-electron chi connectivity index (χ3n) is 3.76. The second-order valence-electron chi connectivity index (χ2n) is 5.25. The minimum absolute atomic E-state index is 0.251. The normalized spacial score (nSPS) is 14.7. The van der Waals surface area contributed by atoms with Crippen LogP contribution in [-0.2, 0) is 0 Å². The molecule has 0 spiro atoms. The number of benzene rings is 2. The van der Waals surface area contributed by atoms with Gasteiger partial charge in [-0.3, -0.25) is 0 Å². The highest BCUT2D eigenvalue weighted by atomic mass is 19.1. The molecule has 1 fully saturated rings. The number of piperidine rings is 1. The number of hydrogen-bond acceptors (Lipinski definition) is 1. The first-order valence-electron chi connectivity index (χ1n) is 7.23. The molecule has 0 unspecified atom stereocenters. The lowest BCUT2D eigenvalue weighted by Gasteiger charge is -2.22. The van der Waals surface area contributed by atoms with E-state index in [1.807, 2.05) is 0 Å². The number of halogens is 2. The summed E-state index contributed by atoms with van der Waals surface area (Å²) in [6, 6.07) is 12.9. The maximum absolute atomic E-state index is 13.2. The second-order valence-corrected chi connectivity index (χ2v) is 5.25. The van der Waals surface area contributed by atoms with Crippen LogP contribution in [0.2, 0.25) is 0 Å². The summed E-state index contributed by atoms with van der Waals surface area (Å²) in [7, 11) is 0. The highest BCUT2D eigenvalue weighted by Gasteiger charge is 2.14. The zero-order chi connectivity index (χ0) is 14.7. The van der Waals surface area contributed by atoms with Crippen LogP contribution in [0.15, 0.2) is 54.2 Å². The molecule has 1 N–H and O–H groups in total. The van der Waals surface area contributed by atoms with Crippen molar-refractivity contribution in [2.75, 3.05) is 6.54 Å². The van der Waals surface area contributed by atoms with E-state index >= 15 is 0 Å². The molecule has 1 aliphatic heterocycles. The topological polar surface area (TPSA) is 12.0 Å². The van der Waals surface area contributed by atoms with Gasteiger partial charge in [-0.25, -0.2) is 8.78 Å². The van der Waals surface area contributed by atoms with Gasteiger partial charge in [0.15, 0.2) is 0 Å². The maximum Gasteiger partial charge on any atom is 0.123 e. The molecule has 2 aromatic carbocycles. The second kappa shape index (κ2) is 6.08. The SMILES string of the molecule is Fc1ccc(C(=C2CCCCN2)c2ccc(F)cc2)cc1. The van der Waals surface area contributed by atoms with Gasteiger partial charge in [0.25, 0.3) is 0 Å². The maximum atomic E-state index is 13.2. The zero-order valence-electron chi connectivity index (χ0n) is 11.7. The summed E-state index contributed by atoms with van der Waals surface area (Å²) in [5.74, 6) is -0.502. The minimum Gasteiger partial charge on any atom is -0.388 e. The van der Waals surface area contributed by atoms with Crippen LogP contribution < -0.4 is 5.32 Å². The molecule has 1 saturated heterocycles. The summed E-state index contributed by atoms with van der Waals surface area (Å²) < 4.78 is 26.3. The Morgan fingerprint density at radius 2 is 1.29 bits per heavy atom. The fourth-order valence-electron chi connectivity index (χ4n) is 2.72. The van der Waals surface area contributed by atoms with Crippen molar-refractivity contribution in [1.82, 2.24) is 5.32 Å². The first-order valence-corrected chi connectivity index (χ1v) is 7.23. The summed E-state index contributed by atoms with van der Waals surface area (Å²) in [5.41, 5.74) is 4.09. The van der Waals surface area contributed by atoms with Gasteiger partial charge in [0, 0.05) is 17.8 Å². The Morgan fingerprint density at radius 1 is 0.762 bits per heavy atom. The zero-order valence-corrected chi connectivity index (χ0v) is 11.7. The van der Waals surface area contributed by atoms with Gasteiger partial charge in [-0.1, -0.05) is 24.3 Å². The van der Waals surface area contributed by atoms with Crippen molar-refractivity contribution in [1.29, 1.82) is 0 Å². The van der Waals surface area contributed by atoms with E-state index in [0.717, 1.165) is 48.2 Å². The van der Waals surface area contributed by atoms with Crippen molar-refractivity contribution < 1.29 is 8.78 Å². The van der Waals surface area contributed by atoms with Crippen molar-refractivity contribution in [3.8, 4) is 0 Å². The van der Waals surface area contributed by atoms with Gasteiger partial charge in [-0.05, 0) is 54.7 Å². The van der Waals surface area contributed by atoms with Crippen LogP contribution >= 0.6 is 0 Å². The van der Waals surface area contributed by atoms with E-state index < -0.39 is 0 Å². The van der Waals surface area contributed by atoms with E-state index in [9.17, 15) is 8.78 Å². The van der Waals surface area contributed by atoms with Gasteiger partial charge in [-0.15, -0.1) is 0 Å². The molecule has 0 aliphatic carbocycles. The lowest BCUT2D eigenvalue weighted by Crippen LogP contribution is -2.21. The molecule has 0 saturated carbocycles. The molecule has 0 amide bonds. The van der Waals surface area contributed by atoms with E-state index in [1.54, 1.807) is 24.3 Å². The molecule has 3 heteroatoms. The van der Waals surface area contributed by atoms with Gasteiger partial charge in [0.1, 0.15) is 11.6 Å². The summed E-state index contributed by atoms with van der Waals surface area (Å²) in [4.78, 5) is 0. The van der Waals surface area contributed by atoms with E-state index in [2.05, 4.69) is 5.32 Å². The summed E-state index contributed by atoms with van der Waals surface area (Å²) in [6.07, 6.45) is 3.25. The number of nitrogens with one attached hydrogen (secondary N) is 1. The molecule has 0 aromatic heterocycles. The average molecular weight is 285 g/mol. The van der Waals surface area contributed by atoms with Crippen LogP contribution in [0.4, 0.5) is 8.78 Å². The van der Waals surface area contributed by atoms with Crippen LogP contribution in [0, 0.1) is 11.6 Å².